The van der Waals surface area contributed by atoms with E-state index < -0.39 is 0 Å². The Kier molecular flexibility index (Phi) is 5.16. The van der Waals surface area contributed by atoms with Gasteiger partial charge in [0, 0.05) is 22.8 Å². The van der Waals surface area contributed by atoms with Gasteiger partial charge in [0.15, 0.2) is 4.96 Å². The van der Waals surface area contributed by atoms with Gasteiger partial charge in [-0.2, -0.15) is 0 Å². The van der Waals surface area contributed by atoms with Crippen molar-refractivity contribution in [3.05, 3.63) is 77.9 Å². The number of hydrogen-bond donors (Lipinski definition) is 1. The standard InChI is InChI=1S/C21H19N3O2S/c25-20(22-11-12-26-18-9-5-2-6-10-18)13-17-15-27-21-23-19(14-24(17)21)16-7-3-1-4-8-16/h1-10,14-15H,11-13H2,(H,22,25). The lowest BCUT2D eigenvalue weighted by molar-refractivity contribution is -0.120. The van der Waals surface area contributed by atoms with Gasteiger partial charge in [0.2, 0.25) is 5.91 Å². The van der Waals surface area contributed by atoms with Crippen LogP contribution in [0.3, 0.4) is 0 Å². The summed E-state index contributed by atoms with van der Waals surface area (Å²) in [5.41, 5.74) is 2.92. The molecule has 0 saturated carbocycles. The molecule has 6 heteroatoms. The molecule has 1 amide bonds. The van der Waals surface area contributed by atoms with E-state index in [0.717, 1.165) is 27.7 Å². The second-order valence-electron chi connectivity index (χ2n) is 6.06. The van der Waals surface area contributed by atoms with Crippen molar-refractivity contribution in [2.24, 2.45) is 0 Å². The molecule has 0 fully saturated rings. The van der Waals surface area contributed by atoms with Crippen LogP contribution in [0.15, 0.2) is 72.2 Å². The number of hydrogen-bond acceptors (Lipinski definition) is 4. The summed E-state index contributed by atoms with van der Waals surface area (Å²) in [7, 11) is 0. The molecule has 0 atom stereocenters. The fourth-order valence-electron chi connectivity index (χ4n) is 2.81. The molecular weight excluding hydrogens is 358 g/mol. The van der Waals surface area contributed by atoms with Gasteiger partial charge in [-0.1, -0.05) is 48.5 Å². The van der Waals surface area contributed by atoms with Crippen LogP contribution in [0.5, 0.6) is 5.75 Å². The predicted octanol–water partition coefficient (Wildman–Crippen LogP) is 3.80. The molecular formula is C21H19N3O2S. The molecule has 2 heterocycles. The van der Waals surface area contributed by atoms with E-state index in [2.05, 4.69) is 10.3 Å². The summed E-state index contributed by atoms with van der Waals surface area (Å²) in [6, 6.07) is 19.6. The van der Waals surface area contributed by atoms with E-state index in [0.29, 0.717) is 19.6 Å². The third-order valence-electron chi connectivity index (χ3n) is 4.13. The van der Waals surface area contributed by atoms with E-state index in [-0.39, 0.29) is 5.91 Å². The van der Waals surface area contributed by atoms with Gasteiger partial charge in [0.1, 0.15) is 12.4 Å². The number of benzene rings is 2. The molecule has 1 N–H and O–H groups in total. The van der Waals surface area contributed by atoms with Crippen molar-refractivity contribution in [3.63, 3.8) is 0 Å². The number of carbonyl (C=O) groups excluding carboxylic acids is 1. The van der Waals surface area contributed by atoms with Crippen LogP contribution in [0.25, 0.3) is 16.2 Å². The third-order valence-corrected chi connectivity index (χ3v) is 5.02. The summed E-state index contributed by atoms with van der Waals surface area (Å²) in [4.78, 5) is 17.8. The second kappa shape index (κ2) is 8.05. The first-order valence-corrected chi connectivity index (χ1v) is 9.63. The van der Waals surface area contributed by atoms with Crippen LogP contribution in [0.1, 0.15) is 5.69 Å². The lowest BCUT2D eigenvalue weighted by Crippen LogP contribution is -2.29. The SMILES string of the molecule is O=C(Cc1csc2nc(-c3ccccc3)cn12)NCCOc1ccccc1. The molecule has 0 unspecified atom stereocenters. The first-order chi connectivity index (χ1) is 13.3. The van der Waals surface area contributed by atoms with Crippen LogP contribution < -0.4 is 10.1 Å². The molecule has 2 aromatic heterocycles. The molecule has 0 bridgehead atoms. The molecule has 0 aliphatic carbocycles. The average Bonchev–Trinajstić information content (AvgIpc) is 3.29. The number of ether oxygens (including phenoxy) is 1. The first-order valence-electron chi connectivity index (χ1n) is 8.75. The summed E-state index contributed by atoms with van der Waals surface area (Å²) in [5.74, 6) is 0.777. The summed E-state index contributed by atoms with van der Waals surface area (Å²) >= 11 is 1.54. The zero-order valence-corrected chi connectivity index (χ0v) is 15.5. The van der Waals surface area contributed by atoms with Gasteiger partial charge in [-0.15, -0.1) is 11.3 Å². The number of carbonyl (C=O) groups is 1. The fourth-order valence-corrected chi connectivity index (χ4v) is 3.68. The molecule has 5 nitrogen and oxygen atoms in total. The van der Waals surface area contributed by atoms with Gasteiger partial charge in [-0.3, -0.25) is 9.20 Å². The van der Waals surface area contributed by atoms with Gasteiger partial charge < -0.3 is 10.1 Å². The lowest BCUT2D eigenvalue weighted by Gasteiger charge is -2.07. The highest BCUT2D eigenvalue weighted by Crippen LogP contribution is 2.23. The number of para-hydroxylation sites is 1. The monoisotopic (exact) mass is 377 g/mol. The van der Waals surface area contributed by atoms with E-state index in [1.165, 1.54) is 0 Å². The van der Waals surface area contributed by atoms with Crippen LogP contribution in [0.2, 0.25) is 0 Å². The molecule has 0 saturated heterocycles. The minimum Gasteiger partial charge on any atom is -0.492 e. The van der Waals surface area contributed by atoms with Crippen LogP contribution >= 0.6 is 11.3 Å². The van der Waals surface area contributed by atoms with Gasteiger partial charge >= 0.3 is 0 Å². The van der Waals surface area contributed by atoms with Crippen LogP contribution in [-0.4, -0.2) is 28.4 Å². The predicted molar refractivity (Wildman–Crippen MR) is 107 cm³/mol. The normalized spacial score (nSPS) is 10.8. The minimum atomic E-state index is -0.0266. The smallest absolute Gasteiger partial charge is 0.226 e. The summed E-state index contributed by atoms with van der Waals surface area (Å²) < 4.78 is 7.58. The Hall–Kier alpha value is -3.12. The number of aromatic nitrogens is 2. The van der Waals surface area contributed by atoms with E-state index in [4.69, 9.17) is 4.74 Å². The van der Waals surface area contributed by atoms with Crippen LogP contribution in [-0.2, 0) is 11.2 Å². The molecule has 4 aromatic rings. The van der Waals surface area contributed by atoms with Gasteiger partial charge in [0.25, 0.3) is 0 Å². The van der Waals surface area contributed by atoms with Crippen LogP contribution in [0, 0.1) is 0 Å². The van der Waals surface area contributed by atoms with Crippen molar-refractivity contribution >= 4 is 22.2 Å². The Labute approximate surface area is 161 Å². The van der Waals surface area contributed by atoms with Gasteiger partial charge in [-0.05, 0) is 12.1 Å². The second-order valence-corrected chi connectivity index (χ2v) is 6.90. The zero-order valence-electron chi connectivity index (χ0n) is 14.7. The summed E-state index contributed by atoms with van der Waals surface area (Å²) in [5, 5.41) is 4.88. The molecule has 27 heavy (non-hydrogen) atoms. The van der Waals surface area contributed by atoms with E-state index in [9.17, 15) is 4.79 Å². The maximum absolute atomic E-state index is 12.2. The van der Waals surface area contributed by atoms with Crippen molar-refractivity contribution < 1.29 is 9.53 Å². The molecule has 2 aromatic carbocycles. The van der Waals surface area contributed by atoms with Crippen molar-refractivity contribution in [1.82, 2.24) is 14.7 Å². The minimum absolute atomic E-state index is 0.0266. The zero-order chi connectivity index (χ0) is 18.5. The molecule has 0 radical (unpaired) electrons. The summed E-state index contributed by atoms with van der Waals surface area (Å²) in [6.07, 6.45) is 2.30. The maximum Gasteiger partial charge on any atom is 0.226 e. The quantitative estimate of drug-likeness (QED) is 0.499. The molecule has 0 aliphatic heterocycles. The number of imidazole rings is 1. The van der Waals surface area contributed by atoms with Crippen LogP contribution in [0.4, 0.5) is 0 Å². The number of nitrogens with zero attached hydrogens (tertiary/aromatic N) is 2. The Bertz CT molecular complexity index is 1030. The fraction of sp³-hybridized carbons (Fsp3) is 0.143. The maximum atomic E-state index is 12.2. The largest absolute Gasteiger partial charge is 0.492 e. The molecule has 0 aliphatic rings. The van der Waals surface area contributed by atoms with Gasteiger partial charge in [0.05, 0.1) is 18.7 Å². The Morgan fingerprint density at radius 1 is 1.07 bits per heavy atom. The number of thiazole rings is 1. The van der Waals surface area contributed by atoms with Crippen molar-refractivity contribution in [2.75, 3.05) is 13.2 Å². The van der Waals surface area contributed by atoms with Gasteiger partial charge in [-0.25, -0.2) is 4.98 Å². The first kappa shape index (κ1) is 17.3. The number of fused-ring (bicyclic) bond motifs is 1. The lowest BCUT2D eigenvalue weighted by atomic mass is 10.2. The number of nitrogens with one attached hydrogen (secondary N) is 1. The van der Waals surface area contributed by atoms with E-state index >= 15 is 0 Å². The third kappa shape index (κ3) is 4.17. The average molecular weight is 377 g/mol. The highest BCUT2D eigenvalue weighted by atomic mass is 32.1. The topological polar surface area (TPSA) is 55.6 Å². The number of rotatable bonds is 7. The highest BCUT2D eigenvalue weighted by molar-refractivity contribution is 7.15. The Morgan fingerprint density at radius 2 is 1.81 bits per heavy atom. The molecule has 4 rings (SSSR count). The Morgan fingerprint density at radius 3 is 2.59 bits per heavy atom. The van der Waals surface area contributed by atoms with E-state index in [1.54, 1.807) is 11.3 Å². The highest BCUT2D eigenvalue weighted by Gasteiger charge is 2.12. The van der Waals surface area contributed by atoms with Crippen molar-refractivity contribution in [2.45, 2.75) is 6.42 Å². The van der Waals surface area contributed by atoms with Crippen molar-refractivity contribution in [3.8, 4) is 17.0 Å². The van der Waals surface area contributed by atoms with E-state index in [1.807, 2.05) is 76.6 Å². The Balaban J connectivity index is 1.34. The summed E-state index contributed by atoms with van der Waals surface area (Å²) in [6.45, 7) is 0.915. The molecule has 136 valence electrons. The van der Waals surface area contributed by atoms with Crippen molar-refractivity contribution in [1.29, 1.82) is 0 Å². The number of amides is 1. The molecule has 0 spiro atoms.